The molecule has 1 aromatic heterocycles. The lowest BCUT2D eigenvalue weighted by atomic mass is 9.55. The highest BCUT2D eigenvalue weighted by atomic mass is 32.1. The molecule has 4 atom stereocenters. The smallest absolute Gasteiger partial charge is 0.0684 e. The Morgan fingerprint density at radius 3 is 2.89 bits per heavy atom. The monoisotopic (exact) mass is 279 g/mol. The topological polar surface area (TPSA) is 21.3 Å². The molecular weight excluding hydrogens is 254 g/mol. The Morgan fingerprint density at radius 1 is 1.42 bits per heavy atom. The van der Waals surface area contributed by atoms with Crippen LogP contribution in [-0.2, 0) is 4.74 Å². The van der Waals surface area contributed by atoms with E-state index >= 15 is 0 Å². The average Bonchev–Trinajstić information content (AvgIpc) is 2.82. The molecule has 2 aliphatic rings. The van der Waals surface area contributed by atoms with E-state index in [0.717, 1.165) is 6.61 Å². The van der Waals surface area contributed by atoms with Crippen molar-refractivity contribution in [1.82, 2.24) is 5.32 Å². The Labute approximate surface area is 120 Å². The molecule has 1 N–H and O–H groups in total. The molecule has 0 radical (unpaired) electrons. The number of thiophene rings is 1. The summed E-state index contributed by atoms with van der Waals surface area (Å²) >= 11 is 1.91. The third kappa shape index (κ3) is 2.26. The average molecular weight is 279 g/mol. The summed E-state index contributed by atoms with van der Waals surface area (Å²) in [5.41, 5.74) is 0.269. The Morgan fingerprint density at radius 2 is 2.21 bits per heavy atom. The highest BCUT2D eigenvalue weighted by molar-refractivity contribution is 7.12. The molecule has 0 amide bonds. The van der Waals surface area contributed by atoms with Crippen molar-refractivity contribution >= 4 is 11.3 Å². The van der Waals surface area contributed by atoms with Gasteiger partial charge in [0.25, 0.3) is 0 Å². The van der Waals surface area contributed by atoms with Crippen LogP contribution in [-0.4, -0.2) is 18.8 Å². The van der Waals surface area contributed by atoms with Gasteiger partial charge in [-0.05, 0) is 38.8 Å². The summed E-state index contributed by atoms with van der Waals surface area (Å²) in [6.07, 6.45) is 3.01. The van der Waals surface area contributed by atoms with Gasteiger partial charge >= 0.3 is 0 Å². The molecule has 3 heteroatoms. The van der Waals surface area contributed by atoms with E-state index in [1.54, 1.807) is 0 Å². The van der Waals surface area contributed by atoms with E-state index in [2.05, 4.69) is 45.1 Å². The Balaban J connectivity index is 1.69. The van der Waals surface area contributed by atoms with Crippen molar-refractivity contribution in [2.24, 2.45) is 11.3 Å². The van der Waals surface area contributed by atoms with Crippen molar-refractivity contribution in [3.63, 3.8) is 0 Å². The first kappa shape index (κ1) is 13.6. The first-order valence-electron chi connectivity index (χ1n) is 7.44. The molecule has 1 aliphatic carbocycles. The summed E-state index contributed by atoms with van der Waals surface area (Å²) < 4.78 is 5.98. The molecule has 1 saturated heterocycles. The molecule has 2 heterocycles. The molecule has 0 spiro atoms. The largest absolute Gasteiger partial charge is 0.377 e. The van der Waals surface area contributed by atoms with Crippen molar-refractivity contribution in [2.45, 2.75) is 58.7 Å². The van der Waals surface area contributed by atoms with Gasteiger partial charge in [0.2, 0.25) is 0 Å². The fourth-order valence-electron chi connectivity index (χ4n) is 3.90. The molecule has 4 unspecified atom stereocenters. The molecule has 106 valence electrons. The van der Waals surface area contributed by atoms with Gasteiger partial charge < -0.3 is 10.1 Å². The van der Waals surface area contributed by atoms with Gasteiger partial charge in [-0.15, -0.1) is 11.3 Å². The van der Waals surface area contributed by atoms with E-state index in [0.29, 0.717) is 24.1 Å². The molecule has 0 aromatic carbocycles. The van der Waals surface area contributed by atoms with Gasteiger partial charge in [0.05, 0.1) is 6.10 Å². The quantitative estimate of drug-likeness (QED) is 0.905. The van der Waals surface area contributed by atoms with Crippen molar-refractivity contribution in [3.05, 3.63) is 21.9 Å². The highest BCUT2D eigenvalue weighted by Gasteiger charge is 2.57. The van der Waals surface area contributed by atoms with E-state index in [1.807, 2.05) is 11.3 Å². The maximum Gasteiger partial charge on any atom is 0.0684 e. The van der Waals surface area contributed by atoms with Crippen LogP contribution in [0.3, 0.4) is 0 Å². The number of rotatable bonds is 3. The van der Waals surface area contributed by atoms with E-state index < -0.39 is 0 Å². The lowest BCUT2D eigenvalue weighted by molar-refractivity contribution is -0.194. The fourth-order valence-corrected chi connectivity index (χ4v) is 4.79. The number of hydrogen-bond acceptors (Lipinski definition) is 3. The number of hydrogen-bond donors (Lipinski definition) is 1. The SMILES string of the molecule is Cc1ccc(C(C)NC2C3CCCOC3C2(C)C)s1. The molecule has 1 saturated carbocycles. The number of fused-ring (bicyclic) bond motifs is 1. The third-order valence-electron chi connectivity index (χ3n) is 4.95. The minimum Gasteiger partial charge on any atom is -0.377 e. The van der Waals surface area contributed by atoms with Crippen molar-refractivity contribution < 1.29 is 4.74 Å². The highest BCUT2D eigenvalue weighted by Crippen LogP contribution is 2.52. The molecule has 2 fully saturated rings. The molecule has 19 heavy (non-hydrogen) atoms. The molecule has 1 aromatic rings. The maximum atomic E-state index is 5.98. The number of ether oxygens (including phenoxy) is 1. The summed E-state index contributed by atoms with van der Waals surface area (Å²) in [7, 11) is 0. The van der Waals surface area contributed by atoms with E-state index in [1.165, 1.54) is 22.6 Å². The second kappa shape index (κ2) is 4.87. The second-order valence-electron chi connectivity index (χ2n) is 6.73. The molecule has 2 nitrogen and oxygen atoms in total. The molecule has 0 bridgehead atoms. The maximum absolute atomic E-state index is 5.98. The third-order valence-corrected chi connectivity index (χ3v) is 6.13. The van der Waals surface area contributed by atoms with Crippen LogP contribution >= 0.6 is 11.3 Å². The Hall–Kier alpha value is -0.380. The standard InChI is InChI=1S/C16H25NOS/c1-10-7-8-13(19-10)11(2)17-14-12-6-5-9-18-15(12)16(14,3)4/h7-8,11-12,14-15,17H,5-6,9H2,1-4H3. The van der Waals surface area contributed by atoms with E-state index in [4.69, 9.17) is 4.74 Å². The Kier molecular flexibility index (Phi) is 3.48. The van der Waals surface area contributed by atoms with Crippen molar-refractivity contribution in [2.75, 3.05) is 6.61 Å². The molecular formula is C16H25NOS. The summed E-state index contributed by atoms with van der Waals surface area (Å²) in [6.45, 7) is 10.1. The predicted molar refractivity (Wildman–Crippen MR) is 80.6 cm³/mol. The molecule has 3 rings (SSSR count). The Bertz CT molecular complexity index is 453. The lowest BCUT2D eigenvalue weighted by Gasteiger charge is -2.60. The summed E-state index contributed by atoms with van der Waals surface area (Å²) in [5.74, 6) is 0.715. The minimum absolute atomic E-state index is 0.269. The van der Waals surface area contributed by atoms with Gasteiger partial charge in [-0.2, -0.15) is 0 Å². The van der Waals surface area contributed by atoms with Gasteiger partial charge in [-0.1, -0.05) is 13.8 Å². The zero-order valence-corrected chi connectivity index (χ0v) is 13.2. The first-order valence-corrected chi connectivity index (χ1v) is 8.26. The zero-order valence-electron chi connectivity index (χ0n) is 12.4. The van der Waals surface area contributed by atoms with Crippen LogP contribution in [0.4, 0.5) is 0 Å². The summed E-state index contributed by atoms with van der Waals surface area (Å²) in [4.78, 5) is 2.85. The normalized spacial score (nSPS) is 34.4. The van der Waals surface area contributed by atoms with Crippen molar-refractivity contribution in [1.29, 1.82) is 0 Å². The van der Waals surface area contributed by atoms with E-state index in [-0.39, 0.29) is 5.41 Å². The summed E-state index contributed by atoms with van der Waals surface area (Å²) in [5, 5.41) is 3.87. The first-order chi connectivity index (χ1) is 9.00. The van der Waals surface area contributed by atoms with Crippen LogP contribution in [0, 0.1) is 18.3 Å². The van der Waals surface area contributed by atoms with E-state index in [9.17, 15) is 0 Å². The predicted octanol–water partition coefficient (Wildman–Crippen LogP) is 3.91. The van der Waals surface area contributed by atoms with Crippen LogP contribution in [0.15, 0.2) is 12.1 Å². The van der Waals surface area contributed by atoms with Crippen LogP contribution < -0.4 is 5.32 Å². The van der Waals surface area contributed by atoms with Crippen LogP contribution in [0.5, 0.6) is 0 Å². The molecule has 1 aliphatic heterocycles. The lowest BCUT2D eigenvalue weighted by Crippen LogP contribution is -2.69. The minimum atomic E-state index is 0.269. The van der Waals surface area contributed by atoms with Crippen LogP contribution in [0.25, 0.3) is 0 Å². The van der Waals surface area contributed by atoms with Gasteiger partial charge in [0.15, 0.2) is 0 Å². The zero-order chi connectivity index (χ0) is 13.6. The van der Waals surface area contributed by atoms with Gasteiger partial charge in [-0.25, -0.2) is 0 Å². The fraction of sp³-hybridized carbons (Fsp3) is 0.750. The van der Waals surface area contributed by atoms with Gasteiger partial charge in [0.1, 0.15) is 0 Å². The second-order valence-corrected chi connectivity index (χ2v) is 8.05. The van der Waals surface area contributed by atoms with Crippen molar-refractivity contribution in [3.8, 4) is 0 Å². The number of aryl methyl sites for hydroxylation is 1. The van der Waals surface area contributed by atoms with Gasteiger partial charge in [0, 0.05) is 39.8 Å². The summed E-state index contributed by atoms with van der Waals surface area (Å²) in [6, 6.07) is 5.52. The van der Waals surface area contributed by atoms with Gasteiger partial charge in [-0.3, -0.25) is 0 Å². The number of nitrogens with one attached hydrogen (secondary N) is 1. The van der Waals surface area contributed by atoms with Crippen LogP contribution in [0.1, 0.15) is 49.4 Å². The van der Waals surface area contributed by atoms with Crippen LogP contribution in [0.2, 0.25) is 0 Å².